The quantitative estimate of drug-likeness (QED) is 0.788. The summed E-state index contributed by atoms with van der Waals surface area (Å²) in [6, 6.07) is 6.78. The van der Waals surface area contributed by atoms with Crippen molar-refractivity contribution in [2.45, 2.75) is 12.5 Å². The summed E-state index contributed by atoms with van der Waals surface area (Å²) in [5, 5.41) is 6.38. The number of nitrogens with zero attached hydrogens (tertiary/aromatic N) is 2. The van der Waals surface area contributed by atoms with Gasteiger partial charge in [-0.05, 0) is 28.1 Å². The van der Waals surface area contributed by atoms with Crippen LogP contribution in [0.4, 0.5) is 5.69 Å². The number of ether oxygens (including phenoxy) is 1. The molecule has 0 unspecified atom stereocenters. The van der Waals surface area contributed by atoms with Crippen LogP contribution in [-0.4, -0.2) is 23.7 Å². The lowest BCUT2D eigenvalue weighted by Gasteiger charge is -2.22. The predicted molar refractivity (Wildman–Crippen MR) is 70.7 cm³/mol. The molecule has 0 aromatic heterocycles. The normalized spacial score (nSPS) is 19.1. The molecule has 6 heteroatoms. The number of anilines is 1. The second kappa shape index (κ2) is 5.06. The van der Waals surface area contributed by atoms with Crippen LogP contribution < -0.4 is 5.01 Å². The van der Waals surface area contributed by atoms with E-state index in [2.05, 4.69) is 21.0 Å². The molecule has 0 N–H and O–H groups in total. The van der Waals surface area contributed by atoms with Crippen LogP contribution in [-0.2, 0) is 9.53 Å². The number of carbonyl (C=O) groups excluding carboxylic acids is 1. The van der Waals surface area contributed by atoms with E-state index in [4.69, 9.17) is 16.3 Å². The van der Waals surface area contributed by atoms with Crippen molar-refractivity contribution in [2.75, 3.05) is 12.1 Å². The molecule has 0 aliphatic carbocycles. The molecule has 2 rings (SSSR count). The summed E-state index contributed by atoms with van der Waals surface area (Å²) in [4.78, 5) is 11.7. The van der Waals surface area contributed by atoms with E-state index in [1.54, 1.807) is 11.1 Å². The summed E-state index contributed by atoms with van der Waals surface area (Å²) in [5.41, 5.74) is 0.694. The van der Waals surface area contributed by atoms with Crippen LogP contribution in [0.1, 0.15) is 6.42 Å². The van der Waals surface area contributed by atoms with Crippen LogP contribution in [0, 0.1) is 0 Å². The van der Waals surface area contributed by atoms with Crippen LogP contribution in [0.5, 0.6) is 0 Å². The summed E-state index contributed by atoms with van der Waals surface area (Å²) >= 11 is 9.38. The van der Waals surface area contributed by atoms with Gasteiger partial charge in [-0.1, -0.05) is 23.7 Å². The summed E-state index contributed by atoms with van der Waals surface area (Å²) in [5.74, 6) is -0.330. The van der Waals surface area contributed by atoms with Crippen LogP contribution in [0.3, 0.4) is 0 Å². The highest BCUT2D eigenvalue weighted by atomic mass is 79.9. The molecular formula is C11H10BrClN2O2. The molecule has 4 nitrogen and oxygen atoms in total. The van der Waals surface area contributed by atoms with Crippen LogP contribution in [0.2, 0.25) is 5.02 Å². The monoisotopic (exact) mass is 316 g/mol. The van der Waals surface area contributed by atoms with Gasteiger partial charge >= 0.3 is 5.97 Å². The number of para-hydroxylation sites is 1. The van der Waals surface area contributed by atoms with E-state index in [0.717, 1.165) is 0 Å². The molecule has 0 radical (unpaired) electrons. The second-order valence-electron chi connectivity index (χ2n) is 3.52. The maximum Gasteiger partial charge on any atom is 0.331 e. The Labute approximate surface area is 112 Å². The molecule has 0 bridgehead atoms. The van der Waals surface area contributed by atoms with E-state index < -0.39 is 6.04 Å². The van der Waals surface area contributed by atoms with Crippen molar-refractivity contribution in [3.8, 4) is 0 Å². The smallest absolute Gasteiger partial charge is 0.331 e. The van der Waals surface area contributed by atoms with Gasteiger partial charge in [0.05, 0.1) is 17.8 Å². The second-order valence-corrected chi connectivity index (χ2v) is 4.84. The lowest BCUT2D eigenvalue weighted by atomic mass is 10.2. The van der Waals surface area contributed by atoms with Gasteiger partial charge in [0.25, 0.3) is 0 Å². The molecule has 0 amide bonds. The summed E-state index contributed by atoms with van der Waals surface area (Å²) < 4.78 is 5.46. The maximum atomic E-state index is 11.7. The number of rotatable bonds is 2. The third kappa shape index (κ3) is 2.45. The molecule has 0 spiro atoms. The first-order chi connectivity index (χ1) is 8.13. The van der Waals surface area contributed by atoms with Gasteiger partial charge in [0.1, 0.15) is 4.62 Å². The molecule has 90 valence electrons. The predicted octanol–water partition coefficient (Wildman–Crippen LogP) is 2.80. The molecule has 0 saturated heterocycles. The van der Waals surface area contributed by atoms with Gasteiger partial charge in [-0.25, -0.2) is 9.80 Å². The fraction of sp³-hybridized carbons (Fsp3) is 0.273. The molecule has 1 aliphatic heterocycles. The van der Waals surface area contributed by atoms with Gasteiger partial charge in [0.15, 0.2) is 6.04 Å². The summed E-state index contributed by atoms with van der Waals surface area (Å²) in [6.45, 7) is 0. The van der Waals surface area contributed by atoms with Crippen molar-refractivity contribution in [3.63, 3.8) is 0 Å². The lowest BCUT2D eigenvalue weighted by molar-refractivity contribution is -0.141. The van der Waals surface area contributed by atoms with Gasteiger partial charge in [-0.3, -0.25) is 0 Å². The molecular weight excluding hydrogens is 307 g/mol. The molecule has 1 aliphatic rings. The Morgan fingerprint density at radius 3 is 2.94 bits per heavy atom. The van der Waals surface area contributed by atoms with Gasteiger partial charge in [0.2, 0.25) is 0 Å². The molecule has 0 saturated carbocycles. The van der Waals surface area contributed by atoms with E-state index in [-0.39, 0.29) is 5.97 Å². The van der Waals surface area contributed by atoms with Crippen LogP contribution in [0.25, 0.3) is 0 Å². The Hall–Kier alpha value is -1.07. The maximum absolute atomic E-state index is 11.7. The summed E-state index contributed by atoms with van der Waals surface area (Å²) in [6.07, 6.45) is 0.484. The zero-order chi connectivity index (χ0) is 12.4. The number of methoxy groups -OCH3 is 1. The SMILES string of the molecule is COC(=O)[C@H]1CC(Br)=NN1c1ccccc1Cl. The molecule has 0 fully saturated rings. The van der Waals surface area contributed by atoms with E-state index >= 15 is 0 Å². The minimum atomic E-state index is -0.464. The van der Waals surface area contributed by atoms with Crippen molar-refractivity contribution in [1.29, 1.82) is 0 Å². The minimum absolute atomic E-state index is 0.330. The average molecular weight is 318 g/mol. The Kier molecular flexibility index (Phi) is 3.69. The molecule has 1 atom stereocenters. The fourth-order valence-corrected chi connectivity index (χ4v) is 2.35. The Morgan fingerprint density at radius 2 is 2.29 bits per heavy atom. The highest BCUT2D eigenvalue weighted by molar-refractivity contribution is 9.18. The first kappa shape index (κ1) is 12.4. The van der Waals surface area contributed by atoms with Crippen molar-refractivity contribution < 1.29 is 9.53 Å². The highest BCUT2D eigenvalue weighted by Crippen LogP contribution is 2.32. The number of hydrazone groups is 1. The van der Waals surface area contributed by atoms with Crippen molar-refractivity contribution in [3.05, 3.63) is 29.3 Å². The third-order valence-corrected chi connectivity index (χ3v) is 3.25. The zero-order valence-electron chi connectivity index (χ0n) is 9.06. The number of carbonyl (C=O) groups is 1. The average Bonchev–Trinajstić information content (AvgIpc) is 2.71. The third-order valence-electron chi connectivity index (χ3n) is 2.45. The first-order valence-electron chi connectivity index (χ1n) is 4.98. The van der Waals surface area contributed by atoms with Gasteiger partial charge < -0.3 is 4.74 Å². The van der Waals surface area contributed by atoms with Crippen molar-refractivity contribution in [2.24, 2.45) is 5.10 Å². The Morgan fingerprint density at radius 1 is 1.59 bits per heavy atom. The van der Waals surface area contributed by atoms with Crippen LogP contribution in [0.15, 0.2) is 29.4 Å². The highest BCUT2D eigenvalue weighted by Gasteiger charge is 2.34. The first-order valence-corrected chi connectivity index (χ1v) is 6.15. The lowest BCUT2D eigenvalue weighted by Crippen LogP contribution is -2.35. The van der Waals surface area contributed by atoms with E-state index in [1.807, 2.05) is 18.2 Å². The number of hydrogen-bond acceptors (Lipinski definition) is 4. The molecule has 1 aromatic rings. The minimum Gasteiger partial charge on any atom is -0.467 e. The number of halogens is 2. The standard InChI is InChI=1S/C11H10BrClN2O2/c1-17-11(16)9-6-10(12)14-15(9)8-5-3-2-4-7(8)13/h2-5,9H,6H2,1H3/t9-/m1/s1. The van der Waals surface area contributed by atoms with Crippen LogP contribution >= 0.6 is 27.5 Å². The number of esters is 1. The largest absolute Gasteiger partial charge is 0.467 e. The van der Waals surface area contributed by atoms with E-state index in [1.165, 1.54) is 7.11 Å². The topological polar surface area (TPSA) is 41.9 Å². The number of hydrogen-bond donors (Lipinski definition) is 0. The van der Waals surface area contributed by atoms with E-state index in [0.29, 0.717) is 21.8 Å². The van der Waals surface area contributed by atoms with Gasteiger partial charge in [-0.15, -0.1) is 0 Å². The summed E-state index contributed by atoms with van der Waals surface area (Å²) in [7, 11) is 1.36. The van der Waals surface area contributed by atoms with Gasteiger partial charge in [-0.2, -0.15) is 5.10 Å². The van der Waals surface area contributed by atoms with E-state index in [9.17, 15) is 4.79 Å². The number of benzene rings is 1. The zero-order valence-corrected chi connectivity index (χ0v) is 11.4. The molecule has 1 aromatic carbocycles. The molecule has 17 heavy (non-hydrogen) atoms. The van der Waals surface area contributed by atoms with Crippen molar-refractivity contribution >= 4 is 43.8 Å². The van der Waals surface area contributed by atoms with Gasteiger partial charge in [0, 0.05) is 6.42 Å². The Bertz CT molecular complexity index is 478. The molecule has 1 heterocycles. The van der Waals surface area contributed by atoms with Crippen molar-refractivity contribution in [1.82, 2.24) is 0 Å². The fourth-order valence-electron chi connectivity index (χ4n) is 1.65. The Balaban J connectivity index is 2.36.